The van der Waals surface area contributed by atoms with Gasteiger partial charge in [-0.05, 0) is 36.4 Å². The van der Waals surface area contributed by atoms with Crippen molar-refractivity contribution in [3.8, 4) is 23.0 Å². The first-order valence-electron chi connectivity index (χ1n) is 8.93. The van der Waals surface area contributed by atoms with Gasteiger partial charge in [0.1, 0.15) is 11.4 Å². The lowest BCUT2D eigenvalue weighted by molar-refractivity contribution is -0.378. The van der Waals surface area contributed by atoms with Crippen molar-refractivity contribution in [2.24, 2.45) is 11.5 Å². The molecule has 0 aliphatic rings. The van der Waals surface area contributed by atoms with Gasteiger partial charge >= 0.3 is 11.4 Å². The monoisotopic (exact) mass is 446 g/mol. The average Bonchev–Trinajstić information content (AvgIpc) is 2.78. The van der Waals surface area contributed by atoms with Gasteiger partial charge in [0.15, 0.2) is 23.0 Å². The minimum absolute atomic E-state index is 0.0168. The molecule has 0 aliphatic carbocycles. The highest BCUT2D eigenvalue weighted by molar-refractivity contribution is 5.74. The van der Waals surface area contributed by atoms with Crippen molar-refractivity contribution < 1.29 is 28.8 Å². The van der Waals surface area contributed by atoms with E-state index in [4.69, 9.17) is 30.4 Å². The van der Waals surface area contributed by atoms with Crippen molar-refractivity contribution in [1.29, 1.82) is 0 Å². The number of rotatable bonds is 9. The second-order valence-corrected chi connectivity index (χ2v) is 6.18. The Balaban J connectivity index is 2.78. The summed E-state index contributed by atoms with van der Waals surface area (Å²) in [6.07, 6.45) is 0. The fourth-order valence-corrected chi connectivity index (χ4v) is 2.94. The van der Waals surface area contributed by atoms with E-state index in [-0.39, 0.29) is 22.6 Å². The maximum Gasteiger partial charge on any atom is 0.301 e. The Labute approximate surface area is 182 Å². The van der Waals surface area contributed by atoms with E-state index in [0.717, 1.165) is 0 Å². The summed E-state index contributed by atoms with van der Waals surface area (Å²) in [4.78, 5) is 22.1. The summed E-state index contributed by atoms with van der Waals surface area (Å²) >= 11 is 0. The number of methoxy groups -OCH3 is 4. The van der Waals surface area contributed by atoms with Crippen LogP contribution in [0.2, 0.25) is 0 Å². The highest BCUT2D eigenvalue weighted by atomic mass is 16.6. The third-order valence-electron chi connectivity index (χ3n) is 4.48. The summed E-state index contributed by atoms with van der Waals surface area (Å²) in [5, 5.41) is 23.6. The van der Waals surface area contributed by atoms with Gasteiger partial charge in [0.25, 0.3) is 0 Å². The minimum Gasteiger partial charge on any atom is -0.493 e. The van der Waals surface area contributed by atoms with Gasteiger partial charge in [-0.3, -0.25) is 20.2 Å². The van der Waals surface area contributed by atoms with E-state index in [2.05, 4.69) is 0 Å². The van der Waals surface area contributed by atoms with Crippen molar-refractivity contribution in [2.75, 3.05) is 28.4 Å². The van der Waals surface area contributed by atoms with Crippen molar-refractivity contribution in [3.05, 3.63) is 79.1 Å². The molecule has 2 aromatic carbocycles. The minimum atomic E-state index is -0.782. The number of hydrogen-bond acceptors (Lipinski definition) is 10. The van der Waals surface area contributed by atoms with E-state index in [1.807, 2.05) is 0 Å². The van der Waals surface area contributed by atoms with Crippen LogP contribution in [0.5, 0.6) is 23.0 Å². The smallest absolute Gasteiger partial charge is 0.301 e. The lowest BCUT2D eigenvalue weighted by Gasteiger charge is -2.11. The molecular formula is C20H22N4O8. The Morgan fingerprint density at radius 3 is 1.22 bits per heavy atom. The molecule has 4 N–H and O–H groups in total. The number of benzene rings is 2. The Morgan fingerprint density at radius 2 is 0.969 bits per heavy atom. The van der Waals surface area contributed by atoms with E-state index in [9.17, 15) is 20.2 Å². The zero-order valence-corrected chi connectivity index (χ0v) is 17.8. The molecule has 32 heavy (non-hydrogen) atoms. The predicted octanol–water partition coefficient (Wildman–Crippen LogP) is 2.23. The molecule has 170 valence electrons. The maximum atomic E-state index is 11.8. The molecule has 0 heterocycles. The van der Waals surface area contributed by atoms with Crippen LogP contribution in [0.3, 0.4) is 0 Å². The van der Waals surface area contributed by atoms with Crippen molar-refractivity contribution in [3.63, 3.8) is 0 Å². The van der Waals surface area contributed by atoms with Crippen LogP contribution in [0, 0.1) is 20.2 Å². The molecule has 0 fully saturated rings. The molecule has 0 spiro atoms. The van der Waals surface area contributed by atoms with Crippen LogP contribution in [-0.4, -0.2) is 38.3 Å². The maximum absolute atomic E-state index is 11.8. The molecule has 0 bridgehead atoms. The quantitative estimate of drug-likeness (QED) is 0.330. The second-order valence-electron chi connectivity index (χ2n) is 6.18. The van der Waals surface area contributed by atoms with E-state index >= 15 is 0 Å². The number of hydrogen-bond donors (Lipinski definition) is 2. The summed E-state index contributed by atoms with van der Waals surface area (Å²) in [6, 6.07) is 8.24. The normalized spacial score (nSPS) is 12.2. The fourth-order valence-electron chi connectivity index (χ4n) is 2.94. The molecule has 2 aromatic rings. The Kier molecular flexibility index (Phi) is 7.45. The lowest BCUT2D eigenvalue weighted by Crippen LogP contribution is -2.19. The molecule has 0 aliphatic heterocycles. The van der Waals surface area contributed by atoms with E-state index < -0.39 is 32.6 Å². The van der Waals surface area contributed by atoms with E-state index in [1.165, 1.54) is 64.8 Å². The van der Waals surface area contributed by atoms with Gasteiger partial charge in [0.2, 0.25) is 0 Å². The Morgan fingerprint density at radius 1 is 0.656 bits per heavy atom. The van der Waals surface area contributed by atoms with Gasteiger partial charge in [-0.15, -0.1) is 0 Å². The zero-order chi connectivity index (χ0) is 24.0. The van der Waals surface area contributed by atoms with Gasteiger partial charge in [-0.25, -0.2) is 0 Å². The van der Waals surface area contributed by atoms with Crippen LogP contribution in [0.4, 0.5) is 0 Å². The average molecular weight is 446 g/mol. The van der Waals surface area contributed by atoms with Gasteiger partial charge in [0.05, 0.1) is 49.4 Å². The summed E-state index contributed by atoms with van der Waals surface area (Å²) in [7, 11) is 5.53. The first kappa shape index (κ1) is 23.8. The molecular weight excluding hydrogens is 424 g/mol. The zero-order valence-electron chi connectivity index (χ0n) is 17.8. The van der Waals surface area contributed by atoms with Crippen LogP contribution in [0.1, 0.15) is 11.1 Å². The number of nitrogens with two attached hydrogens (primary N) is 2. The van der Waals surface area contributed by atoms with E-state index in [1.54, 1.807) is 0 Å². The molecule has 0 amide bonds. The molecule has 0 radical (unpaired) electrons. The van der Waals surface area contributed by atoms with Crippen molar-refractivity contribution in [1.82, 2.24) is 0 Å². The van der Waals surface area contributed by atoms with Gasteiger partial charge in [-0.1, -0.05) is 0 Å². The second kappa shape index (κ2) is 10.0. The van der Waals surface area contributed by atoms with Crippen LogP contribution in [0.25, 0.3) is 11.4 Å². The van der Waals surface area contributed by atoms with Crippen LogP contribution >= 0.6 is 0 Å². The Hall–Kier alpha value is -4.48. The number of nitro groups is 2. The SMILES string of the molecule is COc1ccc(C(=C(N)C(N)=C(c2ccc(OC)c(OC)c2)[N+](=O)[O-])[N+](=O)[O-])cc1OC. The van der Waals surface area contributed by atoms with Crippen molar-refractivity contribution in [2.45, 2.75) is 0 Å². The Bertz CT molecular complexity index is 1020. The van der Waals surface area contributed by atoms with Crippen LogP contribution < -0.4 is 30.4 Å². The molecule has 0 aromatic heterocycles. The highest BCUT2D eigenvalue weighted by Gasteiger charge is 2.29. The highest BCUT2D eigenvalue weighted by Crippen LogP contribution is 2.34. The molecule has 2 rings (SSSR count). The van der Waals surface area contributed by atoms with Gasteiger partial charge < -0.3 is 30.4 Å². The molecule has 12 heteroatoms. The molecule has 0 unspecified atom stereocenters. The van der Waals surface area contributed by atoms with Gasteiger partial charge in [0, 0.05) is 0 Å². The first-order chi connectivity index (χ1) is 15.2. The largest absolute Gasteiger partial charge is 0.493 e. The standard InChI is InChI=1S/C20H22N4O8/c1-29-13-7-5-11(9-15(13)31-3)19(23(25)26)17(21)18(22)20(24(27)28)12-6-8-14(30-2)16(10-12)32-4/h5-10H,21-22H2,1-4H3. The fraction of sp³-hybridized carbons (Fsp3) is 0.200. The van der Waals surface area contributed by atoms with Crippen LogP contribution in [0.15, 0.2) is 47.8 Å². The summed E-state index contributed by atoms with van der Waals surface area (Å²) in [5.74, 6) is 1.07. The van der Waals surface area contributed by atoms with Crippen LogP contribution in [-0.2, 0) is 0 Å². The number of ether oxygens (including phenoxy) is 4. The summed E-state index contributed by atoms with van der Waals surface area (Å²) in [5.41, 5.74) is 9.54. The first-order valence-corrected chi connectivity index (χ1v) is 8.93. The van der Waals surface area contributed by atoms with Crippen molar-refractivity contribution >= 4 is 11.4 Å². The summed E-state index contributed by atoms with van der Waals surface area (Å²) < 4.78 is 20.6. The summed E-state index contributed by atoms with van der Waals surface area (Å²) in [6.45, 7) is 0. The molecule has 0 saturated carbocycles. The topological polar surface area (TPSA) is 175 Å². The molecule has 12 nitrogen and oxygen atoms in total. The van der Waals surface area contributed by atoms with Gasteiger partial charge in [-0.2, -0.15) is 0 Å². The number of nitrogens with zero attached hydrogens (tertiary/aromatic N) is 2. The molecule has 0 atom stereocenters. The predicted molar refractivity (Wildman–Crippen MR) is 115 cm³/mol. The molecule has 0 saturated heterocycles. The lowest BCUT2D eigenvalue weighted by atomic mass is 10.0. The third kappa shape index (κ3) is 4.64. The van der Waals surface area contributed by atoms with E-state index in [0.29, 0.717) is 11.5 Å². The third-order valence-corrected chi connectivity index (χ3v) is 4.48.